The van der Waals surface area contributed by atoms with Crippen molar-refractivity contribution in [3.63, 3.8) is 0 Å². The second kappa shape index (κ2) is 9.09. The number of hydrogen-bond donors (Lipinski definition) is 3. The standard InChI is InChI=1S/C11H24O4/c1-3-5-11(14)9(4-2)7-15-8-10(13)6-12/h9-14H,3-8H2,1-2H3. The quantitative estimate of drug-likeness (QED) is 0.530. The first-order chi connectivity index (χ1) is 7.15. The molecule has 0 aliphatic rings. The molecule has 0 fully saturated rings. The molecule has 15 heavy (non-hydrogen) atoms. The molecule has 0 aromatic carbocycles. The van der Waals surface area contributed by atoms with Gasteiger partial charge < -0.3 is 20.1 Å². The van der Waals surface area contributed by atoms with Gasteiger partial charge in [0.2, 0.25) is 0 Å². The fourth-order valence-corrected chi connectivity index (χ4v) is 1.44. The second-order valence-electron chi connectivity index (χ2n) is 3.90. The van der Waals surface area contributed by atoms with Crippen LogP contribution in [-0.2, 0) is 4.74 Å². The van der Waals surface area contributed by atoms with Crippen LogP contribution < -0.4 is 0 Å². The Morgan fingerprint density at radius 3 is 2.27 bits per heavy atom. The smallest absolute Gasteiger partial charge is 0.100 e. The molecule has 0 saturated heterocycles. The molecular weight excluding hydrogens is 196 g/mol. The summed E-state index contributed by atoms with van der Waals surface area (Å²) in [5, 5.41) is 27.4. The van der Waals surface area contributed by atoms with Crippen molar-refractivity contribution < 1.29 is 20.1 Å². The summed E-state index contributed by atoms with van der Waals surface area (Å²) in [6.45, 7) is 4.33. The lowest BCUT2D eigenvalue weighted by atomic mass is 9.97. The molecule has 4 heteroatoms. The van der Waals surface area contributed by atoms with Crippen molar-refractivity contribution in [3.05, 3.63) is 0 Å². The first kappa shape index (κ1) is 14.8. The third kappa shape index (κ3) is 6.84. The van der Waals surface area contributed by atoms with Crippen molar-refractivity contribution in [1.82, 2.24) is 0 Å². The highest BCUT2D eigenvalue weighted by Crippen LogP contribution is 2.14. The van der Waals surface area contributed by atoms with Gasteiger partial charge in [-0.3, -0.25) is 0 Å². The maximum Gasteiger partial charge on any atom is 0.100 e. The van der Waals surface area contributed by atoms with E-state index in [1.165, 1.54) is 0 Å². The number of aliphatic hydroxyl groups is 3. The van der Waals surface area contributed by atoms with Gasteiger partial charge in [-0.15, -0.1) is 0 Å². The molecule has 0 radical (unpaired) electrons. The molecule has 0 aliphatic heterocycles. The van der Waals surface area contributed by atoms with Crippen molar-refractivity contribution in [2.24, 2.45) is 5.92 Å². The second-order valence-corrected chi connectivity index (χ2v) is 3.90. The maximum atomic E-state index is 9.74. The molecule has 0 aromatic rings. The highest BCUT2D eigenvalue weighted by Gasteiger charge is 2.17. The van der Waals surface area contributed by atoms with Gasteiger partial charge in [-0.2, -0.15) is 0 Å². The fraction of sp³-hybridized carbons (Fsp3) is 1.00. The van der Waals surface area contributed by atoms with E-state index in [4.69, 9.17) is 14.9 Å². The van der Waals surface area contributed by atoms with E-state index in [2.05, 4.69) is 0 Å². The highest BCUT2D eigenvalue weighted by molar-refractivity contribution is 4.67. The molecule has 0 saturated carbocycles. The Morgan fingerprint density at radius 2 is 1.80 bits per heavy atom. The van der Waals surface area contributed by atoms with Gasteiger partial charge in [-0.25, -0.2) is 0 Å². The Hall–Kier alpha value is -0.160. The lowest BCUT2D eigenvalue weighted by molar-refractivity contribution is -0.0269. The monoisotopic (exact) mass is 220 g/mol. The fourth-order valence-electron chi connectivity index (χ4n) is 1.44. The summed E-state index contributed by atoms with van der Waals surface area (Å²) in [5.41, 5.74) is 0. The van der Waals surface area contributed by atoms with E-state index < -0.39 is 6.10 Å². The Morgan fingerprint density at radius 1 is 1.13 bits per heavy atom. The Bertz CT molecular complexity index is 141. The summed E-state index contributed by atoms with van der Waals surface area (Å²) < 4.78 is 5.24. The largest absolute Gasteiger partial charge is 0.394 e. The number of ether oxygens (including phenoxy) is 1. The van der Waals surface area contributed by atoms with Crippen LogP contribution in [0.25, 0.3) is 0 Å². The minimum atomic E-state index is -0.814. The van der Waals surface area contributed by atoms with Gasteiger partial charge in [0.15, 0.2) is 0 Å². The topological polar surface area (TPSA) is 69.9 Å². The normalized spacial score (nSPS) is 17.4. The molecule has 92 valence electrons. The summed E-state index contributed by atoms with van der Waals surface area (Å²) in [4.78, 5) is 0. The lowest BCUT2D eigenvalue weighted by Crippen LogP contribution is -2.27. The Balaban J connectivity index is 3.69. The summed E-state index contributed by atoms with van der Waals surface area (Å²) in [6.07, 6.45) is 1.45. The molecule has 3 unspecified atom stereocenters. The summed E-state index contributed by atoms with van der Waals surface area (Å²) >= 11 is 0. The average molecular weight is 220 g/mol. The molecule has 3 atom stereocenters. The minimum Gasteiger partial charge on any atom is -0.394 e. The highest BCUT2D eigenvalue weighted by atomic mass is 16.5. The average Bonchev–Trinajstić information content (AvgIpc) is 2.24. The van der Waals surface area contributed by atoms with E-state index in [1.54, 1.807) is 0 Å². The Labute approximate surface area is 91.9 Å². The number of hydrogen-bond acceptors (Lipinski definition) is 4. The van der Waals surface area contributed by atoms with E-state index in [9.17, 15) is 5.11 Å². The van der Waals surface area contributed by atoms with Gasteiger partial charge in [0.05, 0.1) is 25.9 Å². The number of aliphatic hydroxyl groups excluding tert-OH is 3. The summed E-state index contributed by atoms with van der Waals surface area (Å²) in [7, 11) is 0. The van der Waals surface area contributed by atoms with Crippen molar-refractivity contribution in [3.8, 4) is 0 Å². The molecular formula is C11H24O4. The molecule has 0 bridgehead atoms. The predicted molar refractivity (Wildman–Crippen MR) is 58.6 cm³/mol. The molecule has 0 rings (SSSR count). The van der Waals surface area contributed by atoms with Gasteiger partial charge >= 0.3 is 0 Å². The molecule has 0 aromatic heterocycles. The molecule has 0 amide bonds. The minimum absolute atomic E-state index is 0.121. The van der Waals surface area contributed by atoms with Crippen LogP contribution in [0.3, 0.4) is 0 Å². The van der Waals surface area contributed by atoms with Gasteiger partial charge in [0, 0.05) is 5.92 Å². The molecule has 3 N–H and O–H groups in total. The van der Waals surface area contributed by atoms with Gasteiger partial charge in [-0.05, 0) is 12.8 Å². The van der Waals surface area contributed by atoms with Crippen LogP contribution in [-0.4, -0.2) is 47.3 Å². The first-order valence-corrected chi connectivity index (χ1v) is 5.70. The maximum absolute atomic E-state index is 9.74. The van der Waals surface area contributed by atoms with Gasteiger partial charge in [0.1, 0.15) is 6.10 Å². The summed E-state index contributed by atoms with van der Waals surface area (Å²) in [5.74, 6) is 0.121. The van der Waals surface area contributed by atoms with Crippen LogP contribution in [0.1, 0.15) is 33.1 Å². The molecule has 4 nitrogen and oxygen atoms in total. The zero-order valence-corrected chi connectivity index (χ0v) is 9.72. The first-order valence-electron chi connectivity index (χ1n) is 5.70. The van der Waals surface area contributed by atoms with E-state index >= 15 is 0 Å². The lowest BCUT2D eigenvalue weighted by Gasteiger charge is -2.21. The van der Waals surface area contributed by atoms with Crippen molar-refractivity contribution >= 4 is 0 Å². The van der Waals surface area contributed by atoms with Crippen LogP contribution in [0.15, 0.2) is 0 Å². The molecule has 0 spiro atoms. The zero-order chi connectivity index (χ0) is 11.7. The van der Waals surface area contributed by atoms with Crippen LogP contribution in [0.5, 0.6) is 0 Å². The van der Waals surface area contributed by atoms with E-state index in [0.717, 1.165) is 19.3 Å². The van der Waals surface area contributed by atoms with Crippen LogP contribution in [0, 0.1) is 5.92 Å². The van der Waals surface area contributed by atoms with Crippen LogP contribution in [0.2, 0.25) is 0 Å². The SMILES string of the molecule is CCCC(O)C(CC)COCC(O)CO. The van der Waals surface area contributed by atoms with Crippen LogP contribution in [0.4, 0.5) is 0 Å². The van der Waals surface area contributed by atoms with Gasteiger partial charge in [-0.1, -0.05) is 20.3 Å². The van der Waals surface area contributed by atoms with Crippen molar-refractivity contribution in [1.29, 1.82) is 0 Å². The predicted octanol–water partition coefficient (Wildman–Crippen LogP) is 0.543. The number of rotatable bonds is 9. The van der Waals surface area contributed by atoms with Crippen molar-refractivity contribution in [2.45, 2.75) is 45.3 Å². The summed E-state index contributed by atoms with van der Waals surface area (Å²) in [6, 6.07) is 0. The zero-order valence-electron chi connectivity index (χ0n) is 9.72. The van der Waals surface area contributed by atoms with E-state index in [-0.39, 0.29) is 25.2 Å². The van der Waals surface area contributed by atoms with Crippen LogP contribution >= 0.6 is 0 Å². The van der Waals surface area contributed by atoms with E-state index in [0.29, 0.717) is 6.61 Å². The molecule has 0 aliphatic carbocycles. The van der Waals surface area contributed by atoms with Crippen molar-refractivity contribution in [2.75, 3.05) is 19.8 Å². The van der Waals surface area contributed by atoms with E-state index in [1.807, 2.05) is 13.8 Å². The third-order valence-electron chi connectivity index (χ3n) is 2.51. The van der Waals surface area contributed by atoms with Gasteiger partial charge in [0.25, 0.3) is 0 Å². The Kier molecular flexibility index (Phi) is 9.00. The molecule has 0 heterocycles. The third-order valence-corrected chi connectivity index (χ3v) is 2.51.